The van der Waals surface area contributed by atoms with Crippen molar-refractivity contribution in [1.82, 2.24) is 9.80 Å². The van der Waals surface area contributed by atoms with Crippen molar-refractivity contribution >= 4 is 0 Å². The van der Waals surface area contributed by atoms with Crippen LogP contribution in [0.1, 0.15) is 26.3 Å². The van der Waals surface area contributed by atoms with Gasteiger partial charge in [-0.2, -0.15) is 0 Å². The summed E-state index contributed by atoms with van der Waals surface area (Å²) in [5.74, 6) is -0.0428. The maximum atomic E-state index is 14.3. The number of hydrogen-bond acceptors (Lipinski definition) is 3. The predicted molar refractivity (Wildman–Crippen MR) is 85.6 cm³/mol. The third kappa shape index (κ3) is 3.12. The highest BCUT2D eigenvalue weighted by molar-refractivity contribution is 5.29. The molecule has 0 aliphatic carbocycles. The summed E-state index contributed by atoms with van der Waals surface area (Å²) in [5.41, 5.74) is 6.73. The van der Waals surface area contributed by atoms with Crippen molar-refractivity contribution < 1.29 is 4.39 Å². The molecule has 2 rings (SSSR count). The molecule has 0 amide bonds. The van der Waals surface area contributed by atoms with E-state index in [2.05, 4.69) is 37.6 Å². The number of likely N-dealkylation sites (N-methyl/N-ethyl adjacent to an activating group) is 1. The van der Waals surface area contributed by atoms with Crippen molar-refractivity contribution in [2.45, 2.75) is 32.4 Å². The molecule has 0 saturated carbocycles. The molecule has 21 heavy (non-hydrogen) atoms. The average molecular weight is 293 g/mol. The molecule has 1 saturated heterocycles. The number of hydrogen-bond donors (Lipinski definition) is 1. The fourth-order valence-corrected chi connectivity index (χ4v) is 3.34. The van der Waals surface area contributed by atoms with E-state index < -0.39 is 5.54 Å². The highest BCUT2D eigenvalue weighted by Crippen LogP contribution is 2.35. The van der Waals surface area contributed by atoms with E-state index in [9.17, 15) is 4.39 Å². The Bertz CT molecular complexity index is 469. The van der Waals surface area contributed by atoms with E-state index in [1.54, 1.807) is 6.07 Å². The van der Waals surface area contributed by atoms with Crippen molar-refractivity contribution in [3.05, 3.63) is 35.6 Å². The Hall–Kier alpha value is -0.970. The molecule has 118 valence electrons. The lowest BCUT2D eigenvalue weighted by molar-refractivity contribution is 0.0557. The summed E-state index contributed by atoms with van der Waals surface area (Å²) >= 11 is 0. The van der Waals surface area contributed by atoms with Gasteiger partial charge in [0.25, 0.3) is 0 Å². The van der Waals surface area contributed by atoms with Gasteiger partial charge >= 0.3 is 0 Å². The van der Waals surface area contributed by atoms with E-state index in [0.29, 0.717) is 5.56 Å². The minimum Gasteiger partial charge on any atom is -0.320 e. The maximum Gasteiger partial charge on any atom is 0.128 e. The van der Waals surface area contributed by atoms with Gasteiger partial charge in [-0.3, -0.25) is 4.90 Å². The monoisotopic (exact) mass is 293 g/mol. The van der Waals surface area contributed by atoms with Crippen LogP contribution in [0.2, 0.25) is 0 Å². The summed E-state index contributed by atoms with van der Waals surface area (Å²) in [6.07, 6.45) is 0. The zero-order valence-corrected chi connectivity index (χ0v) is 13.6. The molecule has 1 aromatic carbocycles. The van der Waals surface area contributed by atoms with Gasteiger partial charge in [0.15, 0.2) is 0 Å². The van der Waals surface area contributed by atoms with E-state index in [1.807, 2.05) is 12.1 Å². The van der Waals surface area contributed by atoms with Gasteiger partial charge < -0.3 is 10.6 Å². The molecule has 3 nitrogen and oxygen atoms in total. The van der Waals surface area contributed by atoms with E-state index in [0.717, 1.165) is 26.2 Å². The molecule has 1 aliphatic rings. The highest BCUT2D eigenvalue weighted by atomic mass is 19.1. The molecule has 0 spiro atoms. The topological polar surface area (TPSA) is 32.5 Å². The molecule has 1 aliphatic heterocycles. The molecular weight excluding hydrogens is 265 g/mol. The maximum absolute atomic E-state index is 14.3. The minimum atomic E-state index is -0.679. The second kappa shape index (κ2) is 6.42. The quantitative estimate of drug-likeness (QED) is 0.924. The Morgan fingerprint density at radius 3 is 2.19 bits per heavy atom. The molecule has 1 aromatic rings. The van der Waals surface area contributed by atoms with Gasteiger partial charge in [-0.05, 0) is 26.0 Å². The summed E-state index contributed by atoms with van der Waals surface area (Å²) in [6.45, 7) is 10.3. The first-order valence-electron chi connectivity index (χ1n) is 7.83. The van der Waals surface area contributed by atoms with Gasteiger partial charge in [-0.15, -0.1) is 0 Å². The standard InChI is InChI=1S/C17H28FN3/c1-13(2)17(19,15-7-5-6-8-16(15)18)14(3)21-11-9-20(4)10-12-21/h5-8,13-14H,9-12,19H2,1-4H3. The molecule has 0 radical (unpaired) electrons. The summed E-state index contributed by atoms with van der Waals surface area (Å²) in [4.78, 5) is 4.71. The summed E-state index contributed by atoms with van der Waals surface area (Å²) in [5, 5.41) is 0. The Morgan fingerprint density at radius 1 is 1.10 bits per heavy atom. The van der Waals surface area contributed by atoms with Crippen LogP contribution in [0.25, 0.3) is 0 Å². The van der Waals surface area contributed by atoms with Gasteiger partial charge in [0.05, 0.1) is 5.54 Å². The average Bonchev–Trinajstić information content (AvgIpc) is 2.47. The van der Waals surface area contributed by atoms with Gasteiger partial charge in [0.1, 0.15) is 5.82 Å². The van der Waals surface area contributed by atoms with Crippen molar-refractivity contribution in [2.75, 3.05) is 33.2 Å². The van der Waals surface area contributed by atoms with E-state index in [1.165, 1.54) is 6.07 Å². The summed E-state index contributed by atoms with van der Waals surface area (Å²) in [7, 11) is 2.14. The van der Waals surface area contributed by atoms with Gasteiger partial charge in [0, 0.05) is 37.8 Å². The van der Waals surface area contributed by atoms with Gasteiger partial charge in [-0.1, -0.05) is 32.0 Å². The SMILES string of the molecule is CC(C)C(N)(c1ccccc1F)C(C)N1CCN(C)CC1. The number of nitrogens with zero attached hydrogens (tertiary/aromatic N) is 2. The Labute approximate surface area is 127 Å². The van der Waals surface area contributed by atoms with Crippen molar-refractivity contribution in [1.29, 1.82) is 0 Å². The Morgan fingerprint density at radius 2 is 1.67 bits per heavy atom. The van der Waals surface area contributed by atoms with Crippen LogP contribution < -0.4 is 5.73 Å². The first kappa shape index (κ1) is 16.4. The third-order valence-electron chi connectivity index (χ3n) is 5.07. The van der Waals surface area contributed by atoms with Gasteiger partial charge in [0.2, 0.25) is 0 Å². The van der Waals surface area contributed by atoms with Crippen LogP contribution in [-0.2, 0) is 5.54 Å². The number of benzene rings is 1. The Balaban J connectivity index is 2.32. The molecule has 2 unspecified atom stereocenters. The lowest BCUT2D eigenvalue weighted by Crippen LogP contribution is -2.61. The van der Waals surface area contributed by atoms with Crippen LogP contribution in [0.5, 0.6) is 0 Å². The molecule has 4 heteroatoms. The largest absolute Gasteiger partial charge is 0.320 e. The smallest absolute Gasteiger partial charge is 0.128 e. The predicted octanol–water partition coefficient (Wildman–Crippen LogP) is 2.27. The normalized spacial score (nSPS) is 22.2. The first-order chi connectivity index (χ1) is 9.87. The van der Waals surface area contributed by atoms with Crippen molar-refractivity contribution in [3.8, 4) is 0 Å². The number of nitrogens with two attached hydrogens (primary N) is 1. The van der Waals surface area contributed by atoms with Crippen LogP contribution in [0, 0.1) is 11.7 Å². The van der Waals surface area contributed by atoms with Crippen LogP contribution >= 0.6 is 0 Å². The molecule has 2 N–H and O–H groups in total. The van der Waals surface area contributed by atoms with Crippen LogP contribution in [-0.4, -0.2) is 49.1 Å². The lowest BCUT2D eigenvalue weighted by Gasteiger charge is -2.47. The van der Waals surface area contributed by atoms with Crippen LogP contribution in [0.4, 0.5) is 4.39 Å². The number of rotatable bonds is 4. The fraction of sp³-hybridized carbons (Fsp3) is 0.647. The first-order valence-corrected chi connectivity index (χ1v) is 7.83. The highest BCUT2D eigenvalue weighted by Gasteiger charge is 2.42. The Kier molecular flexibility index (Phi) is 5.02. The van der Waals surface area contributed by atoms with Crippen LogP contribution in [0.3, 0.4) is 0 Å². The molecular formula is C17H28FN3. The molecule has 1 fully saturated rings. The van der Waals surface area contributed by atoms with Gasteiger partial charge in [-0.25, -0.2) is 4.39 Å². The molecule has 2 atom stereocenters. The minimum absolute atomic E-state index is 0.100. The number of piperazine rings is 1. The zero-order valence-electron chi connectivity index (χ0n) is 13.6. The number of halogens is 1. The molecule has 0 bridgehead atoms. The molecule has 0 aromatic heterocycles. The van der Waals surface area contributed by atoms with E-state index in [4.69, 9.17) is 5.73 Å². The lowest BCUT2D eigenvalue weighted by atomic mass is 9.74. The van der Waals surface area contributed by atoms with Crippen LogP contribution in [0.15, 0.2) is 24.3 Å². The summed E-state index contributed by atoms with van der Waals surface area (Å²) in [6, 6.07) is 7.04. The van der Waals surface area contributed by atoms with E-state index >= 15 is 0 Å². The third-order valence-corrected chi connectivity index (χ3v) is 5.07. The van der Waals surface area contributed by atoms with Crippen molar-refractivity contribution in [3.63, 3.8) is 0 Å². The molecule has 1 heterocycles. The van der Waals surface area contributed by atoms with E-state index in [-0.39, 0.29) is 17.8 Å². The fourth-order valence-electron chi connectivity index (χ4n) is 3.34. The zero-order chi connectivity index (χ0) is 15.6. The second-order valence-corrected chi connectivity index (χ2v) is 6.58. The van der Waals surface area contributed by atoms with Crippen molar-refractivity contribution in [2.24, 2.45) is 11.7 Å². The summed E-state index contributed by atoms with van der Waals surface area (Å²) < 4.78 is 14.3. The second-order valence-electron chi connectivity index (χ2n) is 6.58.